The minimum Gasteiger partial charge on any atom is -0.481 e. The Labute approximate surface area is 125 Å². The summed E-state index contributed by atoms with van der Waals surface area (Å²) < 4.78 is 31.7. The van der Waals surface area contributed by atoms with Gasteiger partial charge in [-0.2, -0.15) is 0 Å². The van der Waals surface area contributed by atoms with Crippen LogP contribution in [0, 0.1) is 23.0 Å². The molecule has 0 aliphatic carbocycles. The summed E-state index contributed by atoms with van der Waals surface area (Å²) in [5.41, 5.74) is -0.958. The van der Waals surface area contributed by atoms with Gasteiger partial charge in [0.1, 0.15) is 17.0 Å². The fraction of sp³-hybridized carbons (Fsp3) is 0.467. The summed E-state index contributed by atoms with van der Waals surface area (Å²) in [4.78, 5) is 25.2. The van der Waals surface area contributed by atoms with Crippen LogP contribution in [0.2, 0.25) is 0 Å². The van der Waals surface area contributed by atoms with Crippen LogP contribution in [0.3, 0.4) is 0 Å². The van der Waals surface area contributed by atoms with Crippen LogP contribution in [0.25, 0.3) is 0 Å². The van der Waals surface area contributed by atoms with Crippen LogP contribution >= 0.6 is 0 Å². The number of carboxylic acids is 1. The largest absolute Gasteiger partial charge is 0.481 e. The Hall–Kier alpha value is -2.02. The number of benzene rings is 1. The van der Waals surface area contributed by atoms with Gasteiger partial charge in [0.25, 0.3) is 0 Å². The summed E-state index contributed by atoms with van der Waals surface area (Å²) in [5.74, 6) is -3.05. The van der Waals surface area contributed by atoms with Crippen molar-refractivity contribution in [3.8, 4) is 0 Å². The van der Waals surface area contributed by atoms with Gasteiger partial charge < -0.3 is 14.7 Å². The number of ether oxygens (including phenoxy) is 1. The molecule has 7 heteroatoms. The van der Waals surface area contributed by atoms with Crippen molar-refractivity contribution in [3.05, 3.63) is 35.4 Å². The van der Waals surface area contributed by atoms with E-state index in [0.29, 0.717) is 6.61 Å². The van der Waals surface area contributed by atoms with Crippen LogP contribution in [0.15, 0.2) is 18.2 Å². The van der Waals surface area contributed by atoms with Crippen LogP contribution in [0.4, 0.5) is 8.78 Å². The highest BCUT2D eigenvalue weighted by Gasteiger charge is 2.57. The molecule has 118 valence electrons. The highest BCUT2D eigenvalue weighted by atomic mass is 19.1. The molecule has 2 aliphatic rings. The second-order valence-electron chi connectivity index (χ2n) is 5.86. The number of carboxylic acid groups (broad SMARTS) is 1. The molecule has 1 amide bonds. The average Bonchev–Trinajstić information content (AvgIpc) is 2.99. The molecule has 2 aliphatic heterocycles. The molecule has 1 N–H and O–H groups in total. The number of hydrogen-bond acceptors (Lipinski definition) is 3. The highest BCUT2D eigenvalue weighted by molar-refractivity contribution is 5.82. The molecule has 0 unspecified atom stereocenters. The lowest BCUT2D eigenvalue weighted by molar-refractivity contribution is -0.149. The molecule has 0 bridgehead atoms. The fourth-order valence-electron chi connectivity index (χ4n) is 3.17. The molecule has 0 radical (unpaired) electrons. The maximum Gasteiger partial charge on any atom is 0.314 e. The standard InChI is InChI=1S/C15H15F2NO4/c16-11-2-1-9(12(17)4-11)3-13(19)18-5-10-6-22-8-15(10,7-18)14(20)21/h1-2,4,10H,3,5-8H2,(H,20,21)/t10-,15-/m1/s1. The zero-order valence-corrected chi connectivity index (χ0v) is 11.7. The molecule has 22 heavy (non-hydrogen) atoms. The quantitative estimate of drug-likeness (QED) is 0.907. The molecule has 5 nitrogen and oxygen atoms in total. The van der Waals surface area contributed by atoms with Crippen molar-refractivity contribution in [2.45, 2.75) is 6.42 Å². The third-order valence-electron chi connectivity index (χ3n) is 4.51. The first-order valence-corrected chi connectivity index (χ1v) is 6.95. The lowest BCUT2D eigenvalue weighted by Crippen LogP contribution is -2.40. The van der Waals surface area contributed by atoms with E-state index in [2.05, 4.69) is 0 Å². The number of nitrogens with zero attached hydrogens (tertiary/aromatic N) is 1. The van der Waals surface area contributed by atoms with E-state index in [1.54, 1.807) is 0 Å². The van der Waals surface area contributed by atoms with E-state index in [4.69, 9.17) is 4.74 Å². The Morgan fingerprint density at radius 3 is 2.82 bits per heavy atom. The van der Waals surface area contributed by atoms with Gasteiger partial charge in [-0.05, 0) is 11.6 Å². The summed E-state index contributed by atoms with van der Waals surface area (Å²) in [7, 11) is 0. The average molecular weight is 311 g/mol. The maximum atomic E-state index is 13.6. The van der Waals surface area contributed by atoms with Crippen LogP contribution < -0.4 is 0 Å². The van der Waals surface area contributed by atoms with E-state index in [-0.39, 0.29) is 43.5 Å². The first-order valence-electron chi connectivity index (χ1n) is 6.95. The smallest absolute Gasteiger partial charge is 0.314 e. The van der Waals surface area contributed by atoms with Crippen LogP contribution in [-0.2, 0) is 20.7 Å². The van der Waals surface area contributed by atoms with Crippen LogP contribution in [0.1, 0.15) is 5.56 Å². The summed E-state index contributed by atoms with van der Waals surface area (Å²) in [6.45, 7) is 0.741. The second-order valence-corrected chi connectivity index (χ2v) is 5.86. The Morgan fingerprint density at radius 1 is 1.41 bits per heavy atom. The van der Waals surface area contributed by atoms with Gasteiger partial charge in [0, 0.05) is 25.1 Å². The summed E-state index contributed by atoms with van der Waals surface area (Å²) in [6, 6.07) is 3.06. The van der Waals surface area contributed by atoms with Crippen molar-refractivity contribution in [3.63, 3.8) is 0 Å². The number of halogens is 2. The Morgan fingerprint density at radius 2 is 2.18 bits per heavy atom. The van der Waals surface area contributed by atoms with Gasteiger partial charge in [-0.15, -0.1) is 0 Å². The zero-order chi connectivity index (χ0) is 15.9. The molecule has 1 aromatic carbocycles. The minimum absolute atomic E-state index is 0.0641. The lowest BCUT2D eigenvalue weighted by atomic mass is 9.81. The van der Waals surface area contributed by atoms with Crippen LogP contribution in [0.5, 0.6) is 0 Å². The normalized spacial score (nSPS) is 27.0. The van der Waals surface area contributed by atoms with E-state index in [0.717, 1.165) is 12.1 Å². The van der Waals surface area contributed by atoms with E-state index < -0.39 is 23.0 Å². The minimum atomic E-state index is -1.06. The number of rotatable bonds is 3. The van der Waals surface area contributed by atoms with Gasteiger partial charge in [0.2, 0.25) is 5.91 Å². The summed E-state index contributed by atoms with van der Waals surface area (Å²) >= 11 is 0. The van der Waals surface area contributed by atoms with Gasteiger partial charge in [-0.1, -0.05) is 6.07 Å². The molecule has 0 saturated carbocycles. The molecule has 2 fully saturated rings. The predicted octanol–water partition coefficient (Wildman–Crippen LogP) is 1.07. The number of likely N-dealkylation sites (tertiary alicyclic amines) is 1. The van der Waals surface area contributed by atoms with E-state index in [1.807, 2.05) is 0 Å². The maximum absolute atomic E-state index is 13.6. The number of fused-ring (bicyclic) bond motifs is 1. The number of carbonyl (C=O) groups is 2. The second kappa shape index (κ2) is 5.31. The van der Waals surface area contributed by atoms with Gasteiger partial charge >= 0.3 is 5.97 Å². The predicted molar refractivity (Wildman–Crippen MR) is 71.0 cm³/mol. The Bertz CT molecular complexity index is 636. The van der Waals surface area contributed by atoms with Crippen molar-refractivity contribution in [2.75, 3.05) is 26.3 Å². The topological polar surface area (TPSA) is 66.8 Å². The number of aliphatic carboxylic acids is 1. The first-order chi connectivity index (χ1) is 10.4. The number of amides is 1. The van der Waals surface area contributed by atoms with Crippen molar-refractivity contribution in [1.29, 1.82) is 0 Å². The van der Waals surface area contributed by atoms with Crippen molar-refractivity contribution >= 4 is 11.9 Å². The van der Waals surface area contributed by atoms with Gasteiger partial charge in [-0.25, -0.2) is 8.78 Å². The van der Waals surface area contributed by atoms with E-state index in [1.165, 1.54) is 11.0 Å². The summed E-state index contributed by atoms with van der Waals surface area (Å²) in [5, 5.41) is 9.42. The third kappa shape index (κ3) is 2.35. The van der Waals surface area contributed by atoms with Crippen molar-refractivity contribution < 1.29 is 28.2 Å². The monoisotopic (exact) mass is 311 g/mol. The van der Waals surface area contributed by atoms with E-state index in [9.17, 15) is 23.5 Å². The SMILES string of the molecule is O=C(Cc1ccc(F)cc1F)N1C[C@@H]2COC[C@]2(C(=O)O)C1. The molecule has 2 saturated heterocycles. The Kier molecular flexibility index (Phi) is 3.60. The first kappa shape index (κ1) is 14.9. The lowest BCUT2D eigenvalue weighted by Gasteiger charge is -2.22. The molecule has 0 spiro atoms. The third-order valence-corrected chi connectivity index (χ3v) is 4.51. The molecule has 1 aromatic rings. The molecule has 2 atom stereocenters. The molecular formula is C15H15F2NO4. The number of hydrogen-bond donors (Lipinski definition) is 1. The molecular weight excluding hydrogens is 296 g/mol. The van der Waals surface area contributed by atoms with Crippen molar-refractivity contribution in [1.82, 2.24) is 4.90 Å². The number of carbonyl (C=O) groups excluding carboxylic acids is 1. The fourth-order valence-corrected chi connectivity index (χ4v) is 3.17. The molecule has 3 rings (SSSR count). The molecule has 2 heterocycles. The van der Waals surface area contributed by atoms with Gasteiger partial charge in [0.15, 0.2) is 0 Å². The highest BCUT2D eigenvalue weighted by Crippen LogP contribution is 2.41. The molecule has 0 aromatic heterocycles. The van der Waals surface area contributed by atoms with E-state index >= 15 is 0 Å². The van der Waals surface area contributed by atoms with Gasteiger partial charge in [0.05, 0.1) is 19.6 Å². The van der Waals surface area contributed by atoms with Crippen molar-refractivity contribution in [2.24, 2.45) is 11.3 Å². The Balaban J connectivity index is 1.73. The van der Waals surface area contributed by atoms with Gasteiger partial charge in [-0.3, -0.25) is 9.59 Å². The summed E-state index contributed by atoms with van der Waals surface area (Å²) in [6.07, 6.45) is -0.213. The zero-order valence-electron chi connectivity index (χ0n) is 11.7. The van der Waals surface area contributed by atoms with Crippen LogP contribution in [-0.4, -0.2) is 48.2 Å².